The maximum Gasteiger partial charge on any atom is 0.306 e. The SMILES string of the molecule is CC(=Nc1ccc(F)cc1)C(=CN)C(=O)Nc1ccc(N2CCC(OC(=O)CCC(=O)O)CC2)c(C#N)c1. The lowest BCUT2D eigenvalue weighted by Crippen LogP contribution is -2.38. The zero-order chi connectivity index (χ0) is 27.7. The van der Waals surface area contributed by atoms with Gasteiger partial charge in [0, 0.05) is 37.8 Å². The molecule has 38 heavy (non-hydrogen) atoms. The molecule has 1 fully saturated rings. The molecule has 0 unspecified atom stereocenters. The highest BCUT2D eigenvalue weighted by atomic mass is 19.1. The Bertz CT molecular complexity index is 1290. The van der Waals surface area contributed by atoms with Crippen molar-refractivity contribution >= 4 is 40.6 Å². The number of amides is 1. The summed E-state index contributed by atoms with van der Waals surface area (Å²) in [6, 6.07) is 12.6. The number of hydrogen-bond acceptors (Lipinski definition) is 8. The average Bonchev–Trinajstić information content (AvgIpc) is 2.89. The van der Waals surface area contributed by atoms with Crippen LogP contribution < -0.4 is 16.0 Å². The molecule has 2 aromatic rings. The van der Waals surface area contributed by atoms with E-state index in [0.29, 0.717) is 54.3 Å². The van der Waals surface area contributed by atoms with Crippen LogP contribution in [0.5, 0.6) is 0 Å². The second-order valence-electron chi connectivity index (χ2n) is 8.62. The highest BCUT2D eigenvalue weighted by molar-refractivity contribution is 6.25. The first-order valence-electron chi connectivity index (χ1n) is 11.9. The van der Waals surface area contributed by atoms with Crippen molar-refractivity contribution in [2.75, 3.05) is 23.3 Å². The summed E-state index contributed by atoms with van der Waals surface area (Å²) in [6.45, 7) is 2.69. The van der Waals surface area contributed by atoms with Crippen LogP contribution >= 0.6 is 0 Å². The Morgan fingerprint density at radius 3 is 2.50 bits per heavy atom. The number of halogens is 1. The summed E-state index contributed by atoms with van der Waals surface area (Å²) in [5, 5.41) is 21.1. The Hall–Kier alpha value is -4.72. The number of piperidine rings is 1. The molecule has 198 valence electrons. The molecule has 3 rings (SSSR count). The van der Waals surface area contributed by atoms with E-state index in [4.69, 9.17) is 15.6 Å². The van der Waals surface area contributed by atoms with Gasteiger partial charge in [-0.3, -0.25) is 19.4 Å². The van der Waals surface area contributed by atoms with Crippen LogP contribution in [0.2, 0.25) is 0 Å². The number of anilines is 2. The number of nitrogens with zero attached hydrogens (tertiary/aromatic N) is 3. The first-order valence-corrected chi connectivity index (χ1v) is 11.9. The quantitative estimate of drug-likeness (QED) is 0.256. The second kappa shape index (κ2) is 13.0. The first-order chi connectivity index (χ1) is 18.2. The number of carbonyl (C=O) groups is 3. The van der Waals surface area contributed by atoms with Gasteiger partial charge in [-0.1, -0.05) is 0 Å². The largest absolute Gasteiger partial charge is 0.481 e. The molecule has 1 saturated heterocycles. The number of rotatable bonds is 9. The van der Waals surface area contributed by atoms with E-state index in [9.17, 15) is 24.0 Å². The van der Waals surface area contributed by atoms with Gasteiger partial charge in [0.25, 0.3) is 5.91 Å². The van der Waals surface area contributed by atoms with Crippen LogP contribution in [0.1, 0.15) is 38.2 Å². The molecule has 0 aliphatic carbocycles. The van der Waals surface area contributed by atoms with Crippen LogP contribution in [-0.4, -0.2) is 47.9 Å². The number of nitrogens with two attached hydrogens (primary N) is 1. The van der Waals surface area contributed by atoms with Gasteiger partial charge >= 0.3 is 11.9 Å². The maximum atomic E-state index is 13.1. The highest BCUT2D eigenvalue weighted by Gasteiger charge is 2.24. The third-order valence-electron chi connectivity index (χ3n) is 5.92. The fourth-order valence-electron chi connectivity index (χ4n) is 3.98. The van der Waals surface area contributed by atoms with Gasteiger partial charge in [-0.2, -0.15) is 5.26 Å². The Morgan fingerprint density at radius 1 is 1.21 bits per heavy atom. The Balaban J connectivity index is 1.63. The molecule has 1 heterocycles. The van der Waals surface area contributed by atoms with Crippen molar-refractivity contribution in [3.05, 3.63) is 65.6 Å². The summed E-state index contributed by atoms with van der Waals surface area (Å²) in [6.07, 6.45) is 1.47. The zero-order valence-electron chi connectivity index (χ0n) is 20.8. The molecule has 11 heteroatoms. The fourth-order valence-corrected chi connectivity index (χ4v) is 3.98. The van der Waals surface area contributed by atoms with Crippen LogP contribution in [-0.2, 0) is 19.1 Å². The third-order valence-corrected chi connectivity index (χ3v) is 5.92. The monoisotopic (exact) mass is 521 g/mol. The molecule has 0 atom stereocenters. The Kier molecular flexibility index (Phi) is 9.54. The number of aliphatic carboxylic acids is 1. The van der Waals surface area contributed by atoms with Crippen LogP contribution in [0.25, 0.3) is 0 Å². The topological polar surface area (TPSA) is 158 Å². The minimum atomic E-state index is -1.05. The number of carbonyl (C=O) groups excluding carboxylic acids is 2. The molecule has 1 aliphatic heterocycles. The molecule has 2 aromatic carbocycles. The number of esters is 1. The number of nitriles is 1. The molecule has 0 radical (unpaired) electrons. The van der Waals surface area contributed by atoms with Crippen molar-refractivity contribution in [3.63, 3.8) is 0 Å². The van der Waals surface area contributed by atoms with E-state index in [2.05, 4.69) is 16.4 Å². The molecular weight excluding hydrogens is 493 g/mol. The molecule has 10 nitrogen and oxygen atoms in total. The van der Waals surface area contributed by atoms with Crippen LogP contribution in [0, 0.1) is 17.1 Å². The van der Waals surface area contributed by atoms with Gasteiger partial charge in [-0.05, 0) is 49.4 Å². The van der Waals surface area contributed by atoms with Crippen molar-refractivity contribution in [2.45, 2.75) is 38.7 Å². The van der Waals surface area contributed by atoms with Gasteiger partial charge in [0.2, 0.25) is 0 Å². The molecule has 0 aromatic heterocycles. The lowest BCUT2D eigenvalue weighted by atomic mass is 10.0. The van der Waals surface area contributed by atoms with Crippen molar-refractivity contribution < 1.29 is 28.6 Å². The van der Waals surface area contributed by atoms with Gasteiger partial charge in [0.05, 0.1) is 41.1 Å². The van der Waals surface area contributed by atoms with Gasteiger partial charge in [-0.25, -0.2) is 4.39 Å². The number of benzene rings is 2. The fraction of sp³-hybridized carbons (Fsp3) is 0.296. The molecule has 1 aliphatic rings. The predicted molar refractivity (Wildman–Crippen MR) is 139 cm³/mol. The number of hydrogen-bond donors (Lipinski definition) is 3. The van der Waals surface area contributed by atoms with E-state index in [1.165, 1.54) is 24.3 Å². The summed E-state index contributed by atoms with van der Waals surface area (Å²) >= 11 is 0. The van der Waals surface area contributed by atoms with Gasteiger partial charge in [-0.15, -0.1) is 0 Å². The molecular formula is C27H28FN5O5. The van der Waals surface area contributed by atoms with Crippen molar-refractivity contribution in [1.82, 2.24) is 0 Å². The van der Waals surface area contributed by atoms with E-state index in [-0.39, 0.29) is 24.5 Å². The maximum absolute atomic E-state index is 13.1. The van der Waals surface area contributed by atoms with Crippen LogP contribution in [0.15, 0.2) is 59.2 Å². The smallest absolute Gasteiger partial charge is 0.306 e. The van der Waals surface area contributed by atoms with Crippen molar-refractivity contribution in [1.29, 1.82) is 5.26 Å². The normalized spacial score (nSPS) is 14.5. The highest BCUT2D eigenvalue weighted by Crippen LogP contribution is 2.28. The molecule has 0 spiro atoms. The molecule has 4 N–H and O–H groups in total. The van der Waals surface area contributed by atoms with E-state index in [1.54, 1.807) is 25.1 Å². The zero-order valence-corrected chi connectivity index (χ0v) is 20.8. The predicted octanol–water partition coefficient (Wildman–Crippen LogP) is 3.65. The third kappa shape index (κ3) is 7.64. The summed E-state index contributed by atoms with van der Waals surface area (Å²) < 4.78 is 18.5. The number of carboxylic acids is 1. The number of ether oxygens (including phenoxy) is 1. The second-order valence-corrected chi connectivity index (χ2v) is 8.62. The van der Waals surface area contributed by atoms with E-state index in [1.807, 2.05) is 4.90 Å². The van der Waals surface area contributed by atoms with E-state index in [0.717, 1.165) is 6.20 Å². The van der Waals surface area contributed by atoms with E-state index >= 15 is 0 Å². The molecule has 0 bridgehead atoms. The Morgan fingerprint density at radius 2 is 1.89 bits per heavy atom. The first kappa shape index (κ1) is 27.9. The van der Waals surface area contributed by atoms with Gasteiger partial charge in [0.1, 0.15) is 18.0 Å². The van der Waals surface area contributed by atoms with Crippen molar-refractivity contribution in [2.24, 2.45) is 10.7 Å². The minimum Gasteiger partial charge on any atom is -0.481 e. The Labute approximate surface area is 219 Å². The summed E-state index contributed by atoms with van der Waals surface area (Å²) in [4.78, 5) is 41.6. The van der Waals surface area contributed by atoms with Crippen LogP contribution in [0.3, 0.4) is 0 Å². The standard InChI is InChI=1S/C27H28FN5O5/c1-17(31-20-4-2-19(28)3-5-20)23(16-30)27(37)32-21-6-7-24(18(14-21)15-29)33-12-10-22(11-13-33)38-26(36)9-8-25(34)35/h2-7,14,16,22H,8-13,30H2,1H3,(H,32,37)(H,34,35). The summed E-state index contributed by atoms with van der Waals surface area (Å²) in [5.74, 6) is -2.50. The number of carboxylic acid groups (broad SMARTS) is 1. The lowest BCUT2D eigenvalue weighted by Gasteiger charge is -2.33. The van der Waals surface area contributed by atoms with Gasteiger partial charge < -0.3 is 25.8 Å². The number of nitrogens with one attached hydrogen (secondary N) is 1. The average molecular weight is 522 g/mol. The summed E-state index contributed by atoms with van der Waals surface area (Å²) in [5.41, 5.74) is 8.03. The minimum absolute atomic E-state index is 0.122. The van der Waals surface area contributed by atoms with Crippen LogP contribution in [0.4, 0.5) is 21.5 Å². The lowest BCUT2D eigenvalue weighted by molar-refractivity contribution is -0.152. The number of aliphatic imine (C=N–C) groups is 1. The molecule has 1 amide bonds. The molecule has 0 saturated carbocycles. The van der Waals surface area contributed by atoms with Crippen molar-refractivity contribution in [3.8, 4) is 6.07 Å². The van der Waals surface area contributed by atoms with Gasteiger partial charge in [0.15, 0.2) is 0 Å². The summed E-state index contributed by atoms with van der Waals surface area (Å²) in [7, 11) is 0. The van der Waals surface area contributed by atoms with E-state index < -0.39 is 23.7 Å².